The fourth-order valence-electron chi connectivity index (χ4n) is 1.86. The first kappa shape index (κ1) is 15.8. The van der Waals surface area contributed by atoms with Gasteiger partial charge in [0.1, 0.15) is 5.82 Å². The average Bonchev–Trinajstić information content (AvgIpc) is 2.86. The van der Waals surface area contributed by atoms with E-state index in [1.165, 1.54) is 11.5 Å². The van der Waals surface area contributed by atoms with E-state index < -0.39 is 0 Å². The summed E-state index contributed by atoms with van der Waals surface area (Å²) in [5.74, 6) is 0.904. The fraction of sp³-hybridized carbons (Fsp3) is 0.429. The van der Waals surface area contributed by atoms with Crippen LogP contribution in [-0.2, 0) is 6.42 Å². The number of hydrogen-bond donors (Lipinski definition) is 1. The van der Waals surface area contributed by atoms with Crippen molar-refractivity contribution in [2.75, 3.05) is 6.54 Å². The molecule has 0 saturated carbocycles. The molecule has 3 nitrogen and oxygen atoms in total. The molecule has 0 aliphatic carbocycles. The van der Waals surface area contributed by atoms with Gasteiger partial charge in [-0.15, -0.1) is 0 Å². The lowest BCUT2D eigenvalue weighted by Crippen LogP contribution is -2.17. The summed E-state index contributed by atoms with van der Waals surface area (Å²) in [6.07, 6.45) is 0.872. The number of nitrogens with one attached hydrogen (secondary N) is 1. The smallest absolute Gasteiger partial charge is 0.174 e. The quantitative estimate of drug-likeness (QED) is 0.843. The summed E-state index contributed by atoms with van der Waals surface area (Å²) >= 11 is 9.42. The Balaban J connectivity index is 2.12. The second-order valence-electron chi connectivity index (χ2n) is 4.39. The van der Waals surface area contributed by atoms with Crippen LogP contribution in [0.2, 0.25) is 5.02 Å². The molecule has 1 atom stereocenters. The molecule has 1 aromatic carbocycles. The second-order valence-corrected chi connectivity index (χ2v) is 6.87. The first-order chi connectivity index (χ1) is 9.63. The SMILES string of the molecule is CCNC(C)c1ccc(Sc2nc(CC)ns2)cc1Cl. The van der Waals surface area contributed by atoms with Crippen LogP contribution in [0.4, 0.5) is 0 Å². The fourth-order valence-corrected chi connectivity index (χ4v) is 3.99. The van der Waals surface area contributed by atoms with Crippen molar-refractivity contribution in [1.82, 2.24) is 14.7 Å². The second kappa shape index (κ2) is 7.41. The van der Waals surface area contributed by atoms with Gasteiger partial charge in [0, 0.05) is 22.4 Å². The third-order valence-electron chi connectivity index (χ3n) is 2.92. The lowest BCUT2D eigenvalue weighted by atomic mass is 10.1. The zero-order valence-electron chi connectivity index (χ0n) is 11.8. The van der Waals surface area contributed by atoms with E-state index in [0.29, 0.717) is 0 Å². The summed E-state index contributed by atoms with van der Waals surface area (Å²) in [5.41, 5.74) is 1.13. The van der Waals surface area contributed by atoms with E-state index in [2.05, 4.69) is 47.6 Å². The zero-order valence-corrected chi connectivity index (χ0v) is 14.2. The van der Waals surface area contributed by atoms with Crippen molar-refractivity contribution in [3.05, 3.63) is 34.6 Å². The van der Waals surface area contributed by atoms with Gasteiger partial charge in [-0.25, -0.2) is 4.98 Å². The lowest BCUT2D eigenvalue weighted by molar-refractivity contribution is 0.598. The molecule has 1 aromatic heterocycles. The van der Waals surface area contributed by atoms with Crippen molar-refractivity contribution in [3.63, 3.8) is 0 Å². The van der Waals surface area contributed by atoms with Gasteiger partial charge in [0.2, 0.25) is 0 Å². The number of aromatic nitrogens is 2. The maximum Gasteiger partial charge on any atom is 0.174 e. The molecule has 0 amide bonds. The minimum Gasteiger partial charge on any atom is -0.310 e. The van der Waals surface area contributed by atoms with Gasteiger partial charge in [0.05, 0.1) is 0 Å². The van der Waals surface area contributed by atoms with Crippen LogP contribution in [0.5, 0.6) is 0 Å². The lowest BCUT2D eigenvalue weighted by Gasteiger charge is -2.14. The number of hydrogen-bond acceptors (Lipinski definition) is 5. The molecule has 0 spiro atoms. The van der Waals surface area contributed by atoms with Crippen molar-refractivity contribution < 1.29 is 0 Å². The van der Waals surface area contributed by atoms with Crippen molar-refractivity contribution in [3.8, 4) is 0 Å². The summed E-state index contributed by atoms with van der Waals surface area (Å²) in [4.78, 5) is 5.55. The molecule has 0 saturated heterocycles. The van der Waals surface area contributed by atoms with Crippen LogP contribution < -0.4 is 5.32 Å². The third kappa shape index (κ3) is 3.95. The Kier molecular flexibility index (Phi) is 5.84. The molecule has 2 aromatic rings. The molecule has 0 aliphatic heterocycles. The predicted octanol–water partition coefficient (Wildman–Crippen LogP) is 4.58. The summed E-state index contributed by atoms with van der Waals surface area (Å²) in [5, 5.41) is 4.17. The monoisotopic (exact) mass is 327 g/mol. The Labute approximate surface area is 133 Å². The van der Waals surface area contributed by atoms with Gasteiger partial charge in [0.15, 0.2) is 4.34 Å². The summed E-state index contributed by atoms with van der Waals surface area (Å²) in [6.45, 7) is 7.20. The minimum absolute atomic E-state index is 0.264. The molecule has 1 heterocycles. The molecule has 1 N–H and O–H groups in total. The highest BCUT2D eigenvalue weighted by Gasteiger charge is 2.11. The molecule has 0 fully saturated rings. The Morgan fingerprint density at radius 2 is 2.20 bits per heavy atom. The first-order valence-corrected chi connectivity index (χ1v) is 8.64. The maximum absolute atomic E-state index is 6.37. The number of halogens is 1. The van der Waals surface area contributed by atoms with Gasteiger partial charge in [0.25, 0.3) is 0 Å². The normalized spacial score (nSPS) is 12.6. The van der Waals surface area contributed by atoms with E-state index in [-0.39, 0.29) is 6.04 Å². The number of benzene rings is 1. The van der Waals surface area contributed by atoms with Gasteiger partial charge in [-0.1, -0.05) is 43.3 Å². The average molecular weight is 328 g/mol. The molecular weight excluding hydrogens is 310 g/mol. The first-order valence-electron chi connectivity index (χ1n) is 6.67. The predicted molar refractivity (Wildman–Crippen MR) is 87.0 cm³/mol. The number of nitrogens with zero attached hydrogens (tertiary/aromatic N) is 2. The topological polar surface area (TPSA) is 37.8 Å². The molecular formula is C14H18ClN3S2. The highest BCUT2D eigenvalue weighted by Crippen LogP contribution is 2.33. The Hall–Kier alpha value is -0.620. The van der Waals surface area contributed by atoms with Crippen molar-refractivity contribution in [1.29, 1.82) is 0 Å². The molecule has 0 radical (unpaired) electrons. The largest absolute Gasteiger partial charge is 0.310 e. The zero-order chi connectivity index (χ0) is 14.5. The van der Waals surface area contributed by atoms with Crippen molar-refractivity contribution in [2.45, 2.75) is 42.5 Å². The van der Waals surface area contributed by atoms with Gasteiger partial charge in [-0.05, 0) is 42.7 Å². The Bertz CT molecular complexity index is 571. The van der Waals surface area contributed by atoms with E-state index >= 15 is 0 Å². The van der Waals surface area contributed by atoms with E-state index in [9.17, 15) is 0 Å². The number of rotatable bonds is 6. The molecule has 108 valence electrons. The van der Waals surface area contributed by atoms with Gasteiger partial charge in [-0.3, -0.25) is 0 Å². The van der Waals surface area contributed by atoms with Gasteiger partial charge >= 0.3 is 0 Å². The van der Waals surface area contributed by atoms with Crippen LogP contribution in [0, 0.1) is 0 Å². The highest BCUT2D eigenvalue weighted by atomic mass is 35.5. The summed E-state index contributed by atoms with van der Waals surface area (Å²) in [7, 11) is 0. The van der Waals surface area contributed by atoms with Crippen molar-refractivity contribution in [2.24, 2.45) is 0 Å². The molecule has 0 aliphatic rings. The van der Waals surface area contributed by atoms with E-state index in [0.717, 1.165) is 38.6 Å². The van der Waals surface area contributed by atoms with Crippen LogP contribution in [0.3, 0.4) is 0 Å². The summed E-state index contributed by atoms with van der Waals surface area (Å²) in [6, 6.07) is 6.44. The maximum atomic E-state index is 6.37. The molecule has 1 unspecified atom stereocenters. The molecule has 20 heavy (non-hydrogen) atoms. The van der Waals surface area contributed by atoms with Crippen LogP contribution in [0.1, 0.15) is 38.2 Å². The third-order valence-corrected chi connectivity index (χ3v) is 5.03. The van der Waals surface area contributed by atoms with Crippen molar-refractivity contribution >= 4 is 34.9 Å². The summed E-state index contributed by atoms with van der Waals surface area (Å²) < 4.78 is 5.25. The van der Waals surface area contributed by atoms with Crippen LogP contribution >= 0.6 is 34.9 Å². The van der Waals surface area contributed by atoms with Gasteiger partial charge < -0.3 is 5.32 Å². The minimum atomic E-state index is 0.264. The van der Waals surface area contributed by atoms with E-state index in [4.69, 9.17) is 11.6 Å². The van der Waals surface area contributed by atoms with E-state index in [1.54, 1.807) is 11.8 Å². The highest BCUT2D eigenvalue weighted by molar-refractivity contribution is 8.01. The number of aryl methyl sites for hydroxylation is 1. The Morgan fingerprint density at radius 3 is 2.80 bits per heavy atom. The van der Waals surface area contributed by atoms with Crippen LogP contribution in [0.15, 0.2) is 27.4 Å². The van der Waals surface area contributed by atoms with Crippen LogP contribution in [0.25, 0.3) is 0 Å². The van der Waals surface area contributed by atoms with Gasteiger partial charge in [-0.2, -0.15) is 4.37 Å². The van der Waals surface area contributed by atoms with Crippen LogP contribution in [-0.4, -0.2) is 15.9 Å². The van der Waals surface area contributed by atoms with E-state index in [1.807, 2.05) is 6.07 Å². The molecule has 6 heteroatoms. The molecule has 2 rings (SSSR count). The standard InChI is InChI=1S/C14H18ClN3S2/c1-4-13-17-14(20-18-13)19-10-6-7-11(12(15)8-10)9(3)16-5-2/h6-9,16H,4-5H2,1-3H3. The Morgan fingerprint density at radius 1 is 1.40 bits per heavy atom. The molecule has 0 bridgehead atoms.